The Hall–Kier alpha value is -3.00. The lowest BCUT2D eigenvalue weighted by Crippen LogP contribution is -2.12. The number of nitrogens with one attached hydrogen (secondary N) is 2. The van der Waals surface area contributed by atoms with E-state index >= 15 is 0 Å². The minimum Gasteiger partial charge on any atom is -0.338 e. The lowest BCUT2D eigenvalue weighted by molar-refractivity contribution is -0.115. The van der Waals surface area contributed by atoms with Crippen molar-refractivity contribution in [2.24, 2.45) is 0 Å². The second-order valence-electron chi connectivity index (χ2n) is 5.34. The van der Waals surface area contributed by atoms with Gasteiger partial charge in [0.2, 0.25) is 11.1 Å². The van der Waals surface area contributed by atoms with Crippen LogP contribution in [0.1, 0.15) is 6.42 Å². The van der Waals surface area contributed by atoms with Gasteiger partial charge in [-0.25, -0.2) is 4.98 Å². The predicted molar refractivity (Wildman–Crippen MR) is 97.4 cm³/mol. The number of benzene rings is 1. The number of carbonyl (C=O) groups excluding carboxylic acids is 1. The first-order valence-electron chi connectivity index (χ1n) is 7.73. The van der Waals surface area contributed by atoms with Gasteiger partial charge in [0.05, 0.1) is 0 Å². The Labute approximate surface area is 147 Å². The second-order valence-corrected chi connectivity index (χ2v) is 6.41. The summed E-state index contributed by atoms with van der Waals surface area (Å²) in [4.78, 5) is 23.6. The molecule has 4 rings (SSSR count). The van der Waals surface area contributed by atoms with Crippen LogP contribution in [0, 0.1) is 0 Å². The molecule has 0 atom stereocenters. The Balaban J connectivity index is 1.39. The Morgan fingerprint density at radius 2 is 1.96 bits per heavy atom. The minimum atomic E-state index is -0.0571. The molecule has 0 aliphatic heterocycles. The molecule has 2 N–H and O–H groups in total. The standard InChI is InChI=1S/C17H14N6OS/c24-14(19-11-5-8-18-9-6-11)7-10-25-17-21-16-15(22-23-17)12-3-1-2-4-13(12)20-16/h1-6,8-9H,7,10H2,(H,18,19,24)(H,20,21,23). The van der Waals surface area contributed by atoms with Crippen LogP contribution < -0.4 is 5.32 Å². The van der Waals surface area contributed by atoms with Crippen molar-refractivity contribution in [3.63, 3.8) is 0 Å². The summed E-state index contributed by atoms with van der Waals surface area (Å²) in [5, 5.41) is 12.8. The van der Waals surface area contributed by atoms with Crippen molar-refractivity contribution in [3.8, 4) is 0 Å². The monoisotopic (exact) mass is 350 g/mol. The summed E-state index contributed by atoms with van der Waals surface area (Å²) < 4.78 is 0. The highest BCUT2D eigenvalue weighted by Crippen LogP contribution is 2.23. The van der Waals surface area contributed by atoms with Crippen LogP contribution in [-0.2, 0) is 4.79 Å². The first-order valence-corrected chi connectivity index (χ1v) is 8.72. The molecular weight excluding hydrogens is 336 g/mol. The zero-order chi connectivity index (χ0) is 17.1. The second kappa shape index (κ2) is 6.86. The van der Waals surface area contributed by atoms with E-state index in [1.54, 1.807) is 24.5 Å². The van der Waals surface area contributed by atoms with Crippen LogP contribution in [0.15, 0.2) is 53.9 Å². The third-order valence-corrected chi connectivity index (χ3v) is 4.47. The fraction of sp³-hybridized carbons (Fsp3) is 0.118. The SMILES string of the molecule is O=C(CCSc1nnc2c(n1)[nH]c1ccccc12)Nc1ccncc1. The number of aromatic amines is 1. The smallest absolute Gasteiger partial charge is 0.225 e. The molecule has 0 unspecified atom stereocenters. The Morgan fingerprint density at radius 1 is 1.12 bits per heavy atom. The van der Waals surface area contributed by atoms with E-state index in [0.29, 0.717) is 23.0 Å². The molecule has 0 aliphatic rings. The molecule has 1 amide bonds. The number of pyridine rings is 1. The zero-order valence-corrected chi connectivity index (χ0v) is 14.0. The molecule has 0 radical (unpaired) electrons. The van der Waals surface area contributed by atoms with Gasteiger partial charge in [-0.2, -0.15) is 0 Å². The highest BCUT2D eigenvalue weighted by molar-refractivity contribution is 7.99. The lowest BCUT2D eigenvalue weighted by atomic mass is 10.2. The number of rotatable bonds is 5. The van der Waals surface area contributed by atoms with Crippen molar-refractivity contribution in [2.45, 2.75) is 11.6 Å². The number of hydrogen-bond donors (Lipinski definition) is 2. The topological polar surface area (TPSA) is 96.5 Å². The normalized spacial score (nSPS) is 11.0. The van der Waals surface area contributed by atoms with Crippen LogP contribution in [0.2, 0.25) is 0 Å². The average molecular weight is 350 g/mol. The van der Waals surface area contributed by atoms with Gasteiger partial charge in [0.25, 0.3) is 0 Å². The maximum absolute atomic E-state index is 11.9. The van der Waals surface area contributed by atoms with E-state index < -0.39 is 0 Å². The van der Waals surface area contributed by atoms with E-state index in [-0.39, 0.29) is 5.91 Å². The highest BCUT2D eigenvalue weighted by atomic mass is 32.2. The van der Waals surface area contributed by atoms with Crippen LogP contribution in [0.25, 0.3) is 22.1 Å². The van der Waals surface area contributed by atoms with E-state index in [1.165, 1.54) is 11.8 Å². The number of aromatic nitrogens is 5. The molecule has 1 aromatic carbocycles. The molecule has 8 heteroatoms. The number of hydrogen-bond acceptors (Lipinski definition) is 6. The van der Waals surface area contributed by atoms with Gasteiger partial charge in [0, 0.05) is 41.2 Å². The number of para-hydroxylation sites is 1. The van der Waals surface area contributed by atoms with E-state index in [1.807, 2.05) is 24.3 Å². The lowest BCUT2D eigenvalue weighted by Gasteiger charge is -2.03. The summed E-state index contributed by atoms with van der Waals surface area (Å²) in [5.41, 5.74) is 3.19. The highest BCUT2D eigenvalue weighted by Gasteiger charge is 2.09. The molecule has 0 saturated carbocycles. The van der Waals surface area contributed by atoms with Crippen LogP contribution >= 0.6 is 11.8 Å². The van der Waals surface area contributed by atoms with Gasteiger partial charge >= 0.3 is 0 Å². The van der Waals surface area contributed by atoms with Crippen molar-refractivity contribution in [1.29, 1.82) is 0 Å². The van der Waals surface area contributed by atoms with Crippen molar-refractivity contribution in [3.05, 3.63) is 48.8 Å². The molecule has 0 spiro atoms. The van der Waals surface area contributed by atoms with Gasteiger partial charge in [-0.3, -0.25) is 9.78 Å². The van der Waals surface area contributed by atoms with Gasteiger partial charge in [-0.15, -0.1) is 10.2 Å². The molecule has 0 bridgehead atoms. The molecule has 0 fully saturated rings. The summed E-state index contributed by atoms with van der Waals surface area (Å²) in [6, 6.07) is 11.4. The number of nitrogens with zero attached hydrogens (tertiary/aromatic N) is 4. The maximum Gasteiger partial charge on any atom is 0.225 e. The fourth-order valence-electron chi connectivity index (χ4n) is 2.46. The van der Waals surface area contributed by atoms with Gasteiger partial charge in [0.15, 0.2) is 5.65 Å². The first kappa shape index (κ1) is 15.5. The average Bonchev–Trinajstić information content (AvgIpc) is 3.00. The minimum absolute atomic E-state index is 0.0571. The number of carbonyl (C=O) groups is 1. The van der Waals surface area contributed by atoms with Crippen molar-refractivity contribution in [2.75, 3.05) is 11.1 Å². The molecule has 25 heavy (non-hydrogen) atoms. The summed E-state index contributed by atoms with van der Waals surface area (Å²) in [7, 11) is 0. The first-order chi connectivity index (χ1) is 12.3. The molecule has 3 aromatic heterocycles. The van der Waals surface area contributed by atoms with Gasteiger partial charge in [-0.05, 0) is 18.2 Å². The number of amides is 1. The fourth-order valence-corrected chi connectivity index (χ4v) is 3.19. The van der Waals surface area contributed by atoms with Crippen molar-refractivity contribution < 1.29 is 4.79 Å². The van der Waals surface area contributed by atoms with E-state index in [9.17, 15) is 4.79 Å². The number of fused-ring (bicyclic) bond motifs is 3. The zero-order valence-electron chi connectivity index (χ0n) is 13.1. The van der Waals surface area contributed by atoms with E-state index in [2.05, 4.69) is 30.5 Å². The van der Waals surface area contributed by atoms with Gasteiger partial charge < -0.3 is 10.3 Å². The molecule has 0 saturated heterocycles. The number of thioether (sulfide) groups is 1. The summed E-state index contributed by atoms with van der Waals surface area (Å²) in [6.45, 7) is 0. The van der Waals surface area contributed by atoms with Gasteiger partial charge in [0.1, 0.15) is 5.52 Å². The third-order valence-electron chi connectivity index (χ3n) is 3.63. The Bertz CT molecular complexity index is 1030. The Morgan fingerprint density at radius 3 is 2.84 bits per heavy atom. The summed E-state index contributed by atoms with van der Waals surface area (Å²) in [6.07, 6.45) is 3.64. The molecule has 124 valence electrons. The van der Waals surface area contributed by atoms with Crippen LogP contribution in [0.3, 0.4) is 0 Å². The van der Waals surface area contributed by atoms with Crippen LogP contribution in [0.4, 0.5) is 5.69 Å². The number of H-pyrrole nitrogens is 1. The Kier molecular flexibility index (Phi) is 4.26. The summed E-state index contributed by atoms with van der Waals surface area (Å²) >= 11 is 1.41. The van der Waals surface area contributed by atoms with Crippen molar-refractivity contribution in [1.82, 2.24) is 25.1 Å². The quantitative estimate of drug-likeness (QED) is 0.537. The largest absolute Gasteiger partial charge is 0.338 e. The maximum atomic E-state index is 11.9. The molecule has 0 aliphatic carbocycles. The molecular formula is C17H14N6OS. The molecule has 3 heterocycles. The van der Waals surface area contributed by atoms with Gasteiger partial charge in [-0.1, -0.05) is 30.0 Å². The van der Waals surface area contributed by atoms with Crippen molar-refractivity contribution >= 4 is 45.4 Å². The van der Waals surface area contributed by atoms with E-state index in [4.69, 9.17) is 0 Å². The third kappa shape index (κ3) is 3.43. The van der Waals surface area contributed by atoms with Crippen LogP contribution in [-0.4, -0.2) is 36.8 Å². The number of anilines is 1. The molecule has 4 aromatic rings. The van der Waals surface area contributed by atoms with E-state index in [0.717, 1.165) is 22.1 Å². The molecule has 7 nitrogen and oxygen atoms in total. The summed E-state index contributed by atoms with van der Waals surface area (Å²) in [5.74, 6) is 0.517. The van der Waals surface area contributed by atoms with Crippen LogP contribution in [0.5, 0.6) is 0 Å². The predicted octanol–water partition coefficient (Wildman–Crippen LogP) is 3.02.